The van der Waals surface area contributed by atoms with Crippen LogP contribution < -0.4 is 14.8 Å². The fourth-order valence-corrected chi connectivity index (χ4v) is 1.38. The van der Waals surface area contributed by atoms with Crippen LogP contribution in [0.2, 0.25) is 0 Å². The molecule has 1 aromatic heterocycles. The molecule has 1 rings (SSSR count). The van der Waals surface area contributed by atoms with Crippen molar-refractivity contribution in [3.05, 3.63) is 11.9 Å². The normalized spacial score (nSPS) is 10.1. The van der Waals surface area contributed by atoms with Gasteiger partial charge in [-0.3, -0.25) is 4.79 Å². The first kappa shape index (κ1) is 15.2. The number of carbonyl (C=O) groups is 1. The summed E-state index contributed by atoms with van der Waals surface area (Å²) in [7, 11) is 4.62. The molecule has 0 saturated carbocycles. The summed E-state index contributed by atoms with van der Waals surface area (Å²) in [5.41, 5.74) is 0. The van der Waals surface area contributed by atoms with Gasteiger partial charge < -0.3 is 19.5 Å². The van der Waals surface area contributed by atoms with Crippen LogP contribution in [-0.2, 0) is 16.0 Å². The van der Waals surface area contributed by atoms with E-state index in [0.29, 0.717) is 43.6 Å². The van der Waals surface area contributed by atoms with E-state index in [1.807, 2.05) is 0 Å². The number of amides is 1. The highest BCUT2D eigenvalue weighted by atomic mass is 16.5. The highest BCUT2D eigenvalue weighted by Crippen LogP contribution is 2.15. The molecule has 0 atom stereocenters. The number of hydrogen-bond donors (Lipinski definition) is 1. The van der Waals surface area contributed by atoms with Crippen molar-refractivity contribution < 1.29 is 19.0 Å². The maximum Gasteiger partial charge on any atom is 0.220 e. The molecule has 106 valence electrons. The molecule has 7 nitrogen and oxygen atoms in total. The van der Waals surface area contributed by atoms with Crippen LogP contribution in [0.5, 0.6) is 11.8 Å². The van der Waals surface area contributed by atoms with Crippen LogP contribution in [0.15, 0.2) is 6.07 Å². The van der Waals surface area contributed by atoms with Gasteiger partial charge in [0.25, 0.3) is 0 Å². The fraction of sp³-hybridized carbons (Fsp3) is 0.583. The average molecular weight is 269 g/mol. The third-order valence-electron chi connectivity index (χ3n) is 2.35. The maximum atomic E-state index is 11.5. The van der Waals surface area contributed by atoms with Crippen molar-refractivity contribution in [1.29, 1.82) is 0 Å². The van der Waals surface area contributed by atoms with Crippen LogP contribution in [-0.4, -0.2) is 50.4 Å². The minimum atomic E-state index is -0.0672. The molecule has 0 spiro atoms. The minimum absolute atomic E-state index is 0.0672. The topological polar surface area (TPSA) is 82.6 Å². The molecule has 1 aromatic rings. The average Bonchev–Trinajstić information content (AvgIpc) is 2.45. The second-order valence-corrected chi connectivity index (χ2v) is 3.71. The van der Waals surface area contributed by atoms with Gasteiger partial charge in [-0.05, 0) is 0 Å². The van der Waals surface area contributed by atoms with Crippen molar-refractivity contribution in [2.24, 2.45) is 0 Å². The summed E-state index contributed by atoms with van der Waals surface area (Å²) in [4.78, 5) is 19.8. The Labute approximate surface area is 112 Å². The van der Waals surface area contributed by atoms with E-state index in [1.165, 1.54) is 14.2 Å². The smallest absolute Gasteiger partial charge is 0.220 e. The molecule has 0 aliphatic rings. The van der Waals surface area contributed by atoms with Gasteiger partial charge in [0, 0.05) is 26.5 Å². The Hall–Kier alpha value is -1.89. The first-order valence-corrected chi connectivity index (χ1v) is 5.91. The quantitative estimate of drug-likeness (QED) is 0.678. The number of nitrogens with one attached hydrogen (secondary N) is 1. The van der Waals surface area contributed by atoms with Gasteiger partial charge in [0.05, 0.1) is 26.9 Å². The third kappa shape index (κ3) is 5.52. The highest BCUT2D eigenvalue weighted by Gasteiger charge is 2.08. The lowest BCUT2D eigenvalue weighted by Crippen LogP contribution is -2.27. The standard InChI is InChI=1S/C12H19N3O4/c1-17-7-6-13-10(16)5-4-9-14-11(18-2)8-12(15-9)19-3/h8H,4-7H2,1-3H3,(H,13,16). The fourth-order valence-electron chi connectivity index (χ4n) is 1.38. The molecule has 0 saturated heterocycles. The first-order valence-electron chi connectivity index (χ1n) is 5.91. The molecule has 0 aromatic carbocycles. The number of nitrogens with zero attached hydrogens (tertiary/aromatic N) is 2. The summed E-state index contributed by atoms with van der Waals surface area (Å²) in [5.74, 6) is 1.28. The van der Waals surface area contributed by atoms with E-state index in [9.17, 15) is 4.79 Å². The number of aromatic nitrogens is 2. The van der Waals surface area contributed by atoms with Gasteiger partial charge in [-0.2, -0.15) is 9.97 Å². The zero-order valence-electron chi connectivity index (χ0n) is 11.4. The van der Waals surface area contributed by atoms with Crippen LogP contribution in [0.3, 0.4) is 0 Å². The van der Waals surface area contributed by atoms with Crippen molar-refractivity contribution in [3.8, 4) is 11.8 Å². The maximum absolute atomic E-state index is 11.5. The zero-order chi connectivity index (χ0) is 14.1. The Kier molecular flexibility index (Phi) is 6.59. The Morgan fingerprint density at radius 3 is 2.37 bits per heavy atom. The largest absolute Gasteiger partial charge is 0.481 e. The number of carbonyl (C=O) groups excluding carboxylic acids is 1. The molecule has 0 radical (unpaired) electrons. The van der Waals surface area contributed by atoms with Gasteiger partial charge in [-0.15, -0.1) is 0 Å². The minimum Gasteiger partial charge on any atom is -0.481 e. The molecule has 0 aliphatic heterocycles. The summed E-state index contributed by atoms with van der Waals surface area (Å²) in [5, 5.41) is 2.73. The van der Waals surface area contributed by atoms with E-state index >= 15 is 0 Å². The molecule has 7 heteroatoms. The first-order chi connectivity index (χ1) is 9.19. The number of aryl methyl sites for hydroxylation is 1. The summed E-state index contributed by atoms with van der Waals surface area (Å²) < 4.78 is 14.9. The van der Waals surface area contributed by atoms with E-state index in [4.69, 9.17) is 14.2 Å². The molecule has 19 heavy (non-hydrogen) atoms. The van der Waals surface area contributed by atoms with Crippen LogP contribution in [0, 0.1) is 0 Å². The van der Waals surface area contributed by atoms with Gasteiger partial charge in [-0.1, -0.05) is 0 Å². The molecular weight excluding hydrogens is 250 g/mol. The molecule has 1 heterocycles. The lowest BCUT2D eigenvalue weighted by Gasteiger charge is -2.07. The molecular formula is C12H19N3O4. The number of hydrogen-bond acceptors (Lipinski definition) is 6. The summed E-state index contributed by atoms with van der Waals surface area (Å²) >= 11 is 0. The van der Waals surface area contributed by atoms with Crippen molar-refractivity contribution in [2.45, 2.75) is 12.8 Å². The summed E-state index contributed by atoms with van der Waals surface area (Å²) in [6, 6.07) is 1.59. The van der Waals surface area contributed by atoms with E-state index in [1.54, 1.807) is 13.2 Å². The monoisotopic (exact) mass is 269 g/mol. The van der Waals surface area contributed by atoms with Crippen LogP contribution in [0.4, 0.5) is 0 Å². The van der Waals surface area contributed by atoms with E-state index in [-0.39, 0.29) is 5.91 Å². The summed E-state index contributed by atoms with van der Waals surface area (Å²) in [6.45, 7) is 0.993. The van der Waals surface area contributed by atoms with Gasteiger partial charge >= 0.3 is 0 Å². The molecule has 1 N–H and O–H groups in total. The third-order valence-corrected chi connectivity index (χ3v) is 2.35. The van der Waals surface area contributed by atoms with Crippen molar-refractivity contribution in [1.82, 2.24) is 15.3 Å². The van der Waals surface area contributed by atoms with Gasteiger partial charge in [-0.25, -0.2) is 0 Å². The number of methoxy groups -OCH3 is 3. The highest BCUT2D eigenvalue weighted by molar-refractivity contribution is 5.75. The molecule has 0 bridgehead atoms. The van der Waals surface area contributed by atoms with Crippen molar-refractivity contribution >= 4 is 5.91 Å². The Bertz CT molecular complexity index is 390. The van der Waals surface area contributed by atoms with E-state index < -0.39 is 0 Å². The van der Waals surface area contributed by atoms with Crippen molar-refractivity contribution in [2.75, 3.05) is 34.5 Å². The Balaban J connectivity index is 2.50. The molecule has 1 amide bonds. The van der Waals surface area contributed by atoms with Crippen LogP contribution in [0.25, 0.3) is 0 Å². The van der Waals surface area contributed by atoms with Gasteiger partial charge in [0.1, 0.15) is 5.82 Å². The predicted octanol–water partition coefficient (Wildman–Crippen LogP) is 0.189. The van der Waals surface area contributed by atoms with Crippen LogP contribution in [0.1, 0.15) is 12.2 Å². The summed E-state index contributed by atoms with van der Waals surface area (Å²) in [6.07, 6.45) is 0.729. The second-order valence-electron chi connectivity index (χ2n) is 3.71. The Morgan fingerprint density at radius 1 is 1.21 bits per heavy atom. The Morgan fingerprint density at radius 2 is 1.84 bits per heavy atom. The number of rotatable bonds is 8. The lowest BCUT2D eigenvalue weighted by atomic mass is 10.3. The van der Waals surface area contributed by atoms with Gasteiger partial charge in [0.15, 0.2) is 0 Å². The number of ether oxygens (including phenoxy) is 3. The SMILES string of the molecule is COCCNC(=O)CCc1nc(OC)cc(OC)n1. The molecule has 0 unspecified atom stereocenters. The van der Waals surface area contributed by atoms with Gasteiger partial charge in [0.2, 0.25) is 17.7 Å². The van der Waals surface area contributed by atoms with Crippen molar-refractivity contribution in [3.63, 3.8) is 0 Å². The molecule has 0 fully saturated rings. The zero-order valence-corrected chi connectivity index (χ0v) is 11.4. The lowest BCUT2D eigenvalue weighted by molar-refractivity contribution is -0.121. The van der Waals surface area contributed by atoms with E-state index in [2.05, 4.69) is 15.3 Å². The van der Waals surface area contributed by atoms with Crippen LogP contribution >= 0.6 is 0 Å². The second kappa shape index (κ2) is 8.25. The molecule has 0 aliphatic carbocycles. The predicted molar refractivity (Wildman–Crippen MR) is 68.3 cm³/mol. The van der Waals surface area contributed by atoms with E-state index in [0.717, 1.165) is 0 Å².